The molecule has 0 aliphatic rings. The summed E-state index contributed by atoms with van der Waals surface area (Å²) < 4.78 is 18.1. The zero-order valence-electron chi connectivity index (χ0n) is 8.17. The number of esters is 1. The fourth-order valence-corrected chi connectivity index (χ4v) is 1.42. The van der Waals surface area contributed by atoms with E-state index in [1.165, 1.54) is 0 Å². The first-order chi connectivity index (χ1) is 7.16. The van der Waals surface area contributed by atoms with Crippen LogP contribution < -0.4 is 0 Å². The van der Waals surface area contributed by atoms with Crippen LogP contribution >= 0.6 is 15.9 Å². The second kappa shape index (κ2) is 5.66. The van der Waals surface area contributed by atoms with Gasteiger partial charge in [-0.15, -0.1) is 0 Å². The van der Waals surface area contributed by atoms with Crippen molar-refractivity contribution in [2.45, 2.75) is 6.92 Å². The summed E-state index contributed by atoms with van der Waals surface area (Å²) in [5, 5.41) is 0. The summed E-state index contributed by atoms with van der Waals surface area (Å²) in [5.41, 5.74) is 0.600. The summed E-state index contributed by atoms with van der Waals surface area (Å²) >= 11 is 3.03. The quantitative estimate of drug-likeness (QED) is 0.624. The minimum Gasteiger partial charge on any atom is -0.461 e. The molecule has 0 aliphatic carbocycles. The van der Waals surface area contributed by atoms with Gasteiger partial charge in [-0.2, -0.15) is 4.39 Å². The molecule has 0 heterocycles. The van der Waals surface area contributed by atoms with Gasteiger partial charge >= 0.3 is 5.97 Å². The Hall–Kier alpha value is -1.16. The summed E-state index contributed by atoms with van der Waals surface area (Å²) in [6.07, 6.45) is 0. The number of carbonyl (C=O) groups is 1. The van der Waals surface area contributed by atoms with Gasteiger partial charge in [0.15, 0.2) is 0 Å². The fourth-order valence-electron chi connectivity index (χ4n) is 0.995. The van der Waals surface area contributed by atoms with Crippen LogP contribution in [0.2, 0.25) is 0 Å². The summed E-state index contributed by atoms with van der Waals surface area (Å²) in [6.45, 7) is 1.78. The molecule has 1 aromatic rings. The molecule has 0 N–H and O–H groups in total. The van der Waals surface area contributed by atoms with Crippen molar-refractivity contribution in [2.75, 3.05) is 6.61 Å². The van der Waals surface area contributed by atoms with Crippen molar-refractivity contribution in [3.8, 4) is 0 Å². The Balaban J connectivity index is 2.95. The van der Waals surface area contributed by atoms with E-state index in [1.54, 1.807) is 31.2 Å². The van der Waals surface area contributed by atoms with Crippen LogP contribution in [0.4, 0.5) is 4.39 Å². The van der Waals surface area contributed by atoms with Crippen LogP contribution in [-0.4, -0.2) is 12.6 Å². The van der Waals surface area contributed by atoms with E-state index in [0.717, 1.165) is 0 Å². The van der Waals surface area contributed by atoms with Crippen molar-refractivity contribution < 1.29 is 13.9 Å². The number of hydrogen-bond acceptors (Lipinski definition) is 2. The molecule has 0 radical (unpaired) electrons. The van der Waals surface area contributed by atoms with E-state index >= 15 is 0 Å². The SMILES string of the molecule is CCOC(=O)/C(F)=C(/Br)c1ccccc1. The summed E-state index contributed by atoms with van der Waals surface area (Å²) in [4.78, 5) is 11.1. The first-order valence-corrected chi connectivity index (χ1v) is 5.24. The zero-order chi connectivity index (χ0) is 11.3. The zero-order valence-corrected chi connectivity index (χ0v) is 9.75. The molecule has 0 aliphatic heterocycles. The molecular weight excluding hydrogens is 263 g/mol. The number of carbonyl (C=O) groups excluding carboxylic acids is 1. The van der Waals surface area contributed by atoms with Crippen LogP contribution in [-0.2, 0) is 9.53 Å². The predicted molar refractivity (Wildman–Crippen MR) is 60.0 cm³/mol. The maximum Gasteiger partial charge on any atom is 0.368 e. The molecule has 80 valence electrons. The van der Waals surface area contributed by atoms with Crippen molar-refractivity contribution in [1.82, 2.24) is 0 Å². The molecule has 0 fully saturated rings. The topological polar surface area (TPSA) is 26.3 Å². The molecule has 0 amide bonds. The highest BCUT2D eigenvalue weighted by Crippen LogP contribution is 2.26. The van der Waals surface area contributed by atoms with Crippen LogP contribution in [0.3, 0.4) is 0 Å². The molecule has 0 unspecified atom stereocenters. The lowest BCUT2D eigenvalue weighted by Gasteiger charge is -2.02. The molecular formula is C11H10BrFO2. The van der Waals surface area contributed by atoms with Crippen LogP contribution in [0.5, 0.6) is 0 Å². The van der Waals surface area contributed by atoms with Gasteiger partial charge in [-0.3, -0.25) is 0 Å². The highest BCUT2D eigenvalue weighted by molar-refractivity contribution is 9.15. The summed E-state index contributed by atoms with van der Waals surface area (Å²) in [7, 11) is 0. The third-order valence-electron chi connectivity index (χ3n) is 1.67. The predicted octanol–water partition coefficient (Wildman–Crippen LogP) is 3.28. The lowest BCUT2D eigenvalue weighted by Crippen LogP contribution is -2.05. The lowest BCUT2D eigenvalue weighted by atomic mass is 10.2. The van der Waals surface area contributed by atoms with E-state index in [0.29, 0.717) is 5.56 Å². The van der Waals surface area contributed by atoms with Gasteiger partial charge in [0.1, 0.15) is 0 Å². The molecule has 0 saturated heterocycles. The number of ether oxygens (including phenoxy) is 1. The van der Waals surface area contributed by atoms with Gasteiger partial charge in [0, 0.05) is 0 Å². The van der Waals surface area contributed by atoms with Crippen LogP contribution in [0.15, 0.2) is 36.2 Å². The van der Waals surface area contributed by atoms with Gasteiger partial charge in [-0.1, -0.05) is 30.3 Å². The molecule has 4 heteroatoms. The van der Waals surface area contributed by atoms with Crippen LogP contribution in [0.25, 0.3) is 4.48 Å². The number of halogens is 2. The third-order valence-corrected chi connectivity index (χ3v) is 2.48. The second-order valence-electron chi connectivity index (χ2n) is 2.71. The molecule has 1 aromatic carbocycles. The average molecular weight is 273 g/mol. The Morgan fingerprint density at radius 1 is 1.40 bits per heavy atom. The van der Waals surface area contributed by atoms with Gasteiger partial charge in [0.2, 0.25) is 5.83 Å². The molecule has 0 aromatic heterocycles. The van der Waals surface area contributed by atoms with Crippen molar-refractivity contribution in [2.24, 2.45) is 0 Å². The standard InChI is InChI=1S/C11H10BrFO2/c1-2-15-11(14)10(13)9(12)8-6-4-3-5-7-8/h3-7H,2H2,1H3/b10-9-. The maximum absolute atomic E-state index is 13.4. The van der Waals surface area contributed by atoms with Crippen molar-refractivity contribution in [1.29, 1.82) is 0 Å². The molecule has 0 bridgehead atoms. The number of benzene rings is 1. The van der Waals surface area contributed by atoms with Crippen molar-refractivity contribution in [3.63, 3.8) is 0 Å². The Labute approximate surface area is 95.9 Å². The van der Waals surface area contributed by atoms with E-state index in [4.69, 9.17) is 0 Å². The molecule has 0 spiro atoms. The first-order valence-electron chi connectivity index (χ1n) is 4.44. The van der Waals surface area contributed by atoms with Gasteiger partial charge in [0.05, 0.1) is 11.1 Å². The largest absolute Gasteiger partial charge is 0.461 e. The Bertz CT molecular complexity index is 373. The molecule has 0 atom stereocenters. The van der Waals surface area contributed by atoms with Crippen molar-refractivity contribution in [3.05, 3.63) is 41.7 Å². The summed E-state index contributed by atoms with van der Waals surface area (Å²) in [6, 6.07) is 8.72. The Kier molecular flexibility index (Phi) is 4.49. The van der Waals surface area contributed by atoms with Gasteiger partial charge in [0.25, 0.3) is 0 Å². The normalized spacial score (nSPS) is 11.9. The van der Waals surface area contributed by atoms with Crippen LogP contribution in [0.1, 0.15) is 12.5 Å². The third kappa shape index (κ3) is 3.16. The monoisotopic (exact) mass is 272 g/mol. The van der Waals surface area contributed by atoms with Crippen molar-refractivity contribution >= 4 is 26.4 Å². The minimum absolute atomic E-state index is 0.113. The smallest absolute Gasteiger partial charge is 0.368 e. The maximum atomic E-state index is 13.4. The molecule has 2 nitrogen and oxygen atoms in total. The molecule has 0 saturated carbocycles. The van der Waals surface area contributed by atoms with Gasteiger partial charge < -0.3 is 4.74 Å². The van der Waals surface area contributed by atoms with Gasteiger partial charge in [-0.05, 0) is 28.4 Å². The van der Waals surface area contributed by atoms with E-state index < -0.39 is 11.8 Å². The number of rotatable bonds is 3. The van der Waals surface area contributed by atoms with E-state index in [9.17, 15) is 9.18 Å². The number of hydrogen-bond donors (Lipinski definition) is 0. The first kappa shape index (κ1) is 11.9. The summed E-state index contributed by atoms with van der Waals surface area (Å²) in [5.74, 6) is -1.86. The molecule has 1 rings (SSSR count). The molecule has 15 heavy (non-hydrogen) atoms. The Morgan fingerprint density at radius 3 is 2.53 bits per heavy atom. The average Bonchev–Trinajstić information content (AvgIpc) is 2.28. The van der Waals surface area contributed by atoms with E-state index in [-0.39, 0.29) is 11.1 Å². The highest BCUT2D eigenvalue weighted by atomic mass is 79.9. The van der Waals surface area contributed by atoms with Crippen LogP contribution in [0, 0.1) is 0 Å². The minimum atomic E-state index is -0.951. The van der Waals surface area contributed by atoms with E-state index in [2.05, 4.69) is 20.7 Å². The highest BCUT2D eigenvalue weighted by Gasteiger charge is 2.15. The van der Waals surface area contributed by atoms with E-state index in [1.807, 2.05) is 6.07 Å². The van der Waals surface area contributed by atoms with Gasteiger partial charge in [-0.25, -0.2) is 4.79 Å². The fraction of sp³-hybridized carbons (Fsp3) is 0.182. The second-order valence-corrected chi connectivity index (χ2v) is 3.51. The lowest BCUT2D eigenvalue weighted by molar-refractivity contribution is -0.140. The Morgan fingerprint density at radius 2 is 2.00 bits per heavy atom.